The zero-order chi connectivity index (χ0) is 11.7. The van der Waals surface area contributed by atoms with Crippen molar-refractivity contribution in [3.63, 3.8) is 0 Å². The van der Waals surface area contributed by atoms with Crippen LogP contribution < -0.4 is 5.73 Å². The molecule has 0 amide bonds. The van der Waals surface area contributed by atoms with Crippen molar-refractivity contribution in [3.05, 3.63) is 35.4 Å². The standard InChI is InChI=1S/C15H22N2/c16-8-12-4-1-2-5-13(12)9-17-10-14-6-3-7-15(14)11-17/h1-2,4-5,14-15H,3,6-11,16H2. The van der Waals surface area contributed by atoms with Gasteiger partial charge in [-0.3, -0.25) is 4.90 Å². The lowest BCUT2D eigenvalue weighted by molar-refractivity contribution is 0.302. The first kappa shape index (κ1) is 11.2. The molecule has 0 aromatic heterocycles. The average Bonchev–Trinajstić information content (AvgIpc) is 2.90. The number of nitrogens with two attached hydrogens (primary N) is 1. The number of likely N-dealkylation sites (tertiary alicyclic amines) is 1. The van der Waals surface area contributed by atoms with Gasteiger partial charge in [0.15, 0.2) is 0 Å². The van der Waals surface area contributed by atoms with E-state index in [9.17, 15) is 0 Å². The van der Waals surface area contributed by atoms with E-state index in [0.29, 0.717) is 6.54 Å². The first-order valence-corrected chi connectivity index (χ1v) is 6.86. The summed E-state index contributed by atoms with van der Waals surface area (Å²) < 4.78 is 0. The second-order valence-corrected chi connectivity index (χ2v) is 5.62. The summed E-state index contributed by atoms with van der Waals surface area (Å²) in [7, 11) is 0. The van der Waals surface area contributed by atoms with Gasteiger partial charge >= 0.3 is 0 Å². The normalized spacial score (nSPS) is 28.5. The fourth-order valence-electron chi connectivity index (χ4n) is 3.61. The summed E-state index contributed by atoms with van der Waals surface area (Å²) in [4.78, 5) is 2.63. The van der Waals surface area contributed by atoms with Gasteiger partial charge in [0.2, 0.25) is 0 Å². The third-order valence-electron chi connectivity index (χ3n) is 4.53. The Kier molecular flexibility index (Phi) is 3.17. The lowest BCUT2D eigenvalue weighted by Gasteiger charge is -2.18. The minimum absolute atomic E-state index is 0.664. The summed E-state index contributed by atoms with van der Waals surface area (Å²) in [6, 6.07) is 8.61. The summed E-state index contributed by atoms with van der Waals surface area (Å²) in [6.07, 6.45) is 4.38. The zero-order valence-electron chi connectivity index (χ0n) is 10.4. The Morgan fingerprint density at radius 2 is 1.71 bits per heavy atom. The minimum atomic E-state index is 0.664. The summed E-state index contributed by atoms with van der Waals surface area (Å²) in [5.41, 5.74) is 8.53. The van der Waals surface area contributed by atoms with Crippen LogP contribution in [0.1, 0.15) is 30.4 Å². The van der Waals surface area contributed by atoms with Crippen molar-refractivity contribution in [2.45, 2.75) is 32.4 Å². The Labute approximate surface area is 104 Å². The van der Waals surface area contributed by atoms with E-state index in [-0.39, 0.29) is 0 Å². The van der Waals surface area contributed by atoms with E-state index in [0.717, 1.165) is 18.4 Å². The van der Waals surface area contributed by atoms with E-state index in [1.165, 1.54) is 43.5 Å². The third kappa shape index (κ3) is 2.24. The lowest BCUT2D eigenvalue weighted by atomic mass is 10.0. The maximum atomic E-state index is 5.80. The SMILES string of the molecule is NCc1ccccc1CN1CC2CCCC2C1. The van der Waals surface area contributed by atoms with E-state index in [1.54, 1.807) is 0 Å². The van der Waals surface area contributed by atoms with Crippen LogP contribution in [0.2, 0.25) is 0 Å². The fourth-order valence-corrected chi connectivity index (χ4v) is 3.61. The van der Waals surface area contributed by atoms with Crippen LogP contribution in [0.15, 0.2) is 24.3 Å². The Morgan fingerprint density at radius 3 is 2.35 bits per heavy atom. The van der Waals surface area contributed by atoms with Gasteiger partial charge in [0, 0.05) is 26.2 Å². The lowest BCUT2D eigenvalue weighted by Crippen LogP contribution is -2.22. The molecule has 1 aromatic rings. The van der Waals surface area contributed by atoms with E-state index in [4.69, 9.17) is 5.73 Å². The van der Waals surface area contributed by atoms with Crippen LogP contribution in [0.3, 0.4) is 0 Å². The van der Waals surface area contributed by atoms with Gasteiger partial charge in [-0.05, 0) is 35.8 Å². The molecule has 0 spiro atoms. The van der Waals surface area contributed by atoms with Crippen LogP contribution in [0.5, 0.6) is 0 Å². The van der Waals surface area contributed by atoms with Gasteiger partial charge < -0.3 is 5.73 Å². The molecule has 1 aliphatic carbocycles. The van der Waals surface area contributed by atoms with Crippen LogP contribution in [-0.2, 0) is 13.1 Å². The number of rotatable bonds is 3. The monoisotopic (exact) mass is 230 g/mol. The highest BCUT2D eigenvalue weighted by Gasteiger charge is 2.35. The number of hydrogen-bond donors (Lipinski definition) is 1. The van der Waals surface area contributed by atoms with Crippen LogP contribution in [0, 0.1) is 11.8 Å². The highest BCUT2D eigenvalue weighted by atomic mass is 15.2. The summed E-state index contributed by atoms with van der Waals surface area (Å²) in [5.74, 6) is 1.97. The molecule has 2 aliphatic rings. The van der Waals surface area contributed by atoms with Crippen LogP contribution >= 0.6 is 0 Å². The van der Waals surface area contributed by atoms with Crippen molar-refractivity contribution in [3.8, 4) is 0 Å². The molecule has 3 rings (SSSR count). The van der Waals surface area contributed by atoms with Gasteiger partial charge in [-0.15, -0.1) is 0 Å². The quantitative estimate of drug-likeness (QED) is 0.864. The summed E-state index contributed by atoms with van der Waals surface area (Å²) in [5, 5.41) is 0. The molecule has 17 heavy (non-hydrogen) atoms. The van der Waals surface area contributed by atoms with Crippen molar-refractivity contribution in [2.75, 3.05) is 13.1 Å². The van der Waals surface area contributed by atoms with E-state index >= 15 is 0 Å². The smallest absolute Gasteiger partial charge is 0.0237 e. The Morgan fingerprint density at radius 1 is 1.06 bits per heavy atom. The van der Waals surface area contributed by atoms with E-state index < -0.39 is 0 Å². The van der Waals surface area contributed by atoms with Crippen molar-refractivity contribution in [1.82, 2.24) is 4.90 Å². The predicted octanol–water partition coefficient (Wildman–Crippen LogP) is 2.38. The molecular weight excluding hydrogens is 208 g/mol. The maximum absolute atomic E-state index is 5.80. The largest absolute Gasteiger partial charge is 0.326 e. The number of benzene rings is 1. The Balaban J connectivity index is 1.67. The average molecular weight is 230 g/mol. The van der Waals surface area contributed by atoms with Gasteiger partial charge in [0.1, 0.15) is 0 Å². The van der Waals surface area contributed by atoms with E-state index in [2.05, 4.69) is 29.2 Å². The molecular formula is C15H22N2. The molecule has 2 unspecified atom stereocenters. The molecule has 1 saturated carbocycles. The van der Waals surface area contributed by atoms with Gasteiger partial charge in [0.05, 0.1) is 0 Å². The number of fused-ring (bicyclic) bond motifs is 1. The second-order valence-electron chi connectivity index (χ2n) is 5.62. The van der Waals surface area contributed by atoms with Crippen LogP contribution in [0.4, 0.5) is 0 Å². The van der Waals surface area contributed by atoms with Gasteiger partial charge in [0.25, 0.3) is 0 Å². The summed E-state index contributed by atoms with van der Waals surface area (Å²) in [6.45, 7) is 4.38. The second kappa shape index (κ2) is 4.79. The third-order valence-corrected chi connectivity index (χ3v) is 4.53. The first-order valence-electron chi connectivity index (χ1n) is 6.86. The molecule has 2 fully saturated rings. The van der Waals surface area contributed by atoms with Crippen molar-refractivity contribution < 1.29 is 0 Å². The molecule has 2 N–H and O–H groups in total. The molecule has 2 heteroatoms. The maximum Gasteiger partial charge on any atom is 0.0237 e. The molecule has 1 saturated heterocycles. The molecule has 2 atom stereocenters. The fraction of sp³-hybridized carbons (Fsp3) is 0.600. The highest BCUT2D eigenvalue weighted by molar-refractivity contribution is 5.26. The van der Waals surface area contributed by atoms with E-state index in [1.807, 2.05) is 0 Å². The van der Waals surface area contributed by atoms with Crippen molar-refractivity contribution in [2.24, 2.45) is 17.6 Å². The van der Waals surface area contributed by atoms with Gasteiger partial charge in [-0.25, -0.2) is 0 Å². The van der Waals surface area contributed by atoms with Gasteiger partial charge in [-0.1, -0.05) is 30.7 Å². The van der Waals surface area contributed by atoms with Crippen molar-refractivity contribution in [1.29, 1.82) is 0 Å². The number of nitrogens with zero attached hydrogens (tertiary/aromatic N) is 1. The van der Waals surface area contributed by atoms with Crippen molar-refractivity contribution >= 4 is 0 Å². The first-order chi connectivity index (χ1) is 8.36. The molecule has 92 valence electrons. The number of hydrogen-bond acceptors (Lipinski definition) is 2. The molecule has 1 aromatic carbocycles. The highest BCUT2D eigenvalue weighted by Crippen LogP contribution is 2.38. The van der Waals surface area contributed by atoms with Crippen LogP contribution in [0.25, 0.3) is 0 Å². The molecule has 2 nitrogen and oxygen atoms in total. The minimum Gasteiger partial charge on any atom is -0.326 e. The summed E-state index contributed by atoms with van der Waals surface area (Å²) >= 11 is 0. The zero-order valence-corrected chi connectivity index (χ0v) is 10.4. The topological polar surface area (TPSA) is 29.3 Å². The Hall–Kier alpha value is -0.860. The molecule has 1 aliphatic heterocycles. The molecule has 0 bridgehead atoms. The van der Waals surface area contributed by atoms with Crippen LogP contribution in [-0.4, -0.2) is 18.0 Å². The Bertz CT molecular complexity index is 376. The van der Waals surface area contributed by atoms with Gasteiger partial charge in [-0.2, -0.15) is 0 Å². The molecule has 1 heterocycles. The molecule has 0 radical (unpaired) electrons. The predicted molar refractivity (Wildman–Crippen MR) is 70.4 cm³/mol.